The molecule has 0 amide bonds. The van der Waals surface area contributed by atoms with Gasteiger partial charge in [0.05, 0.1) is 5.69 Å². The van der Waals surface area contributed by atoms with E-state index in [0.29, 0.717) is 5.92 Å². The molecule has 1 N–H and O–H groups in total. The number of pyridine rings is 1. The first-order chi connectivity index (χ1) is 9.08. The predicted molar refractivity (Wildman–Crippen MR) is 72.7 cm³/mol. The summed E-state index contributed by atoms with van der Waals surface area (Å²) in [5.74, 6) is -0.366. The Kier molecular flexibility index (Phi) is 4.37. The number of aromatic carboxylic acids is 1. The molecule has 0 bridgehead atoms. The quantitative estimate of drug-likeness (QED) is 0.900. The Bertz CT molecular complexity index is 456. The first-order valence-corrected chi connectivity index (χ1v) is 6.56. The van der Waals surface area contributed by atoms with Crippen molar-refractivity contribution in [2.45, 2.75) is 19.8 Å². The van der Waals surface area contributed by atoms with E-state index in [4.69, 9.17) is 4.74 Å². The van der Waals surface area contributed by atoms with Crippen LogP contribution in [0.2, 0.25) is 0 Å². The van der Waals surface area contributed by atoms with Gasteiger partial charge in [0.25, 0.3) is 0 Å². The minimum Gasteiger partial charge on any atom is -0.478 e. The molecule has 19 heavy (non-hydrogen) atoms. The summed E-state index contributed by atoms with van der Waals surface area (Å²) in [6.45, 7) is 4.34. The number of aryl methyl sites for hydroxylation is 1. The fraction of sp³-hybridized carbons (Fsp3) is 0.571. The number of hydrogen-bond donors (Lipinski definition) is 1. The van der Waals surface area contributed by atoms with E-state index in [-0.39, 0.29) is 5.56 Å². The molecule has 1 fully saturated rings. The van der Waals surface area contributed by atoms with Crippen LogP contribution in [-0.4, -0.2) is 42.9 Å². The fourth-order valence-electron chi connectivity index (χ4n) is 2.44. The smallest absolute Gasteiger partial charge is 0.339 e. The number of carboxylic acid groups (broad SMARTS) is 1. The van der Waals surface area contributed by atoms with Crippen molar-refractivity contribution in [3.05, 3.63) is 23.5 Å². The number of ether oxygens (including phenoxy) is 1. The van der Waals surface area contributed by atoms with Gasteiger partial charge >= 0.3 is 5.97 Å². The van der Waals surface area contributed by atoms with E-state index in [1.165, 1.54) is 6.20 Å². The van der Waals surface area contributed by atoms with Crippen molar-refractivity contribution >= 4 is 11.7 Å². The summed E-state index contributed by atoms with van der Waals surface area (Å²) in [5.41, 5.74) is 1.84. The summed E-state index contributed by atoms with van der Waals surface area (Å²) in [6, 6.07) is 1.84. The first kappa shape index (κ1) is 13.8. The monoisotopic (exact) mass is 264 g/mol. The molecule has 2 rings (SSSR count). The van der Waals surface area contributed by atoms with Crippen molar-refractivity contribution in [2.75, 3.05) is 31.7 Å². The van der Waals surface area contributed by atoms with E-state index in [2.05, 4.69) is 4.98 Å². The number of carboxylic acids is 1. The molecule has 1 saturated heterocycles. The predicted octanol–water partition coefficient (Wildman–Crippen LogP) is 1.95. The van der Waals surface area contributed by atoms with Crippen LogP contribution in [0.3, 0.4) is 0 Å². The Hall–Kier alpha value is -1.62. The zero-order chi connectivity index (χ0) is 13.8. The zero-order valence-corrected chi connectivity index (χ0v) is 11.4. The van der Waals surface area contributed by atoms with Gasteiger partial charge in [0.15, 0.2) is 0 Å². The molecule has 0 saturated carbocycles. The van der Waals surface area contributed by atoms with Crippen molar-refractivity contribution in [1.82, 2.24) is 4.98 Å². The number of nitrogens with zero attached hydrogens (tertiary/aromatic N) is 2. The maximum atomic E-state index is 11.2. The molecule has 0 spiro atoms. The Morgan fingerprint density at radius 1 is 1.53 bits per heavy atom. The average Bonchev–Trinajstić information content (AvgIpc) is 2.39. The SMILES string of the molecule is Cc1cc(N(C)CC2CCOCC2)c(C(=O)O)cn1. The molecule has 0 atom stereocenters. The number of rotatable bonds is 4. The maximum absolute atomic E-state index is 11.2. The lowest BCUT2D eigenvalue weighted by atomic mass is 9.99. The molecule has 104 valence electrons. The Balaban J connectivity index is 2.14. The molecule has 0 radical (unpaired) electrons. The highest BCUT2D eigenvalue weighted by Gasteiger charge is 2.19. The summed E-state index contributed by atoms with van der Waals surface area (Å²) in [4.78, 5) is 17.3. The van der Waals surface area contributed by atoms with Gasteiger partial charge < -0.3 is 14.7 Å². The second kappa shape index (κ2) is 6.02. The molecule has 1 aromatic rings. The second-order valence-electron chi connectivity index (χ2n) is 5.08. The van der Waals surface area contributed by atoms with E-state index in [1.54, 1.807) is 0 Å². The summed E-state index contributed by atoms with van der Waals surface area (Å²) >= 11 is 0. The molecule has 1 aliphatic rings. The average molecular weight is 264 g/mol. The molecule has 1 aromatic heterocycles. The Morgan fingerprint density at radius 3 is 2.84 bits per heavy atom. The number of aromatic nitrogens is 1. The minimum absolute atomic E-state index is 0.264. The fourth-order valence-corrected chi connectivity index (χ4v) is 2.44. The van der Waals surface area contributed by atoms with Crippen LogP contribution < -0.4 is 4.90 Å². The van der Waals surface area contributed by atoms with Gasteiger partial charge in [-0.25, -0.2) is 4.79 Å². The highest BCUT2D eigenvalue weighted by atomic mass is 16.5. The summed E-state index contributed by atoms with van der Waals surface area (Å²) in [7, 11) is 1.94. The lowest BCUT2D eigenvalue weighted by Crippen LogP contribution is -2.30. The highest BCUT2D eigenvalue weighted by molar-refractivity contribution is 5.94. The molecule has 0 aromatic carbocycles. The van der Waals surface area contributed by atoms with E-state index >= 15 is 0 Å². The van der Waals surface area contributed by atoms with E-state index in [9.17, 15) is 9.90 Å². The van der Waals surface area contributed by atoms with Gasteiger partial charge in [0, 0.05) is 38.7 Å². The molecular weight excluding hydrogens is 244 g/mol. The van der Waals surface area contributed by atoms with Crippen LogP contribution in [0.25, 0.3) is 0 Å². The molecule has 5 nitrogen and oxygen atoms in total. The molecule has 5 heteroatoms. The minimum atomic E-state index is -0.929. The van der Waals surface area contributed by atoms with Crippen LogP contribution in [0.15, 0.2) is 12.3 Å². The first-order valence-electron chi connectivity index (χ1n) is 6.56. The Morgan fingerprint density at radius 2 is 2.21 bits per heavy atom. The lowest BCUT2D eigenvalue weighted by Gasteiger charge is -2.29. The van der Waals surface area contributed by atoms with E-state index in [0.717, 1.165) is 44.0 Å². The highest BCUT2D eigenvalue weighted by Crippen LogP contribution is 2.23. The van der Waals surface area contributed by atoms with Gasteiger partial charge in [0.1, 0.15) is 5.56 Å². The van der Waals surface area contributed by atoms with Gasteiger partial charge in [0.2, 0.25) is 0 Å². The molecule has 2 heterocycles. The standard InChI is InChI=1S/C14H20N2O3/c1-10-7-13(12(8-15-10)14(17)18)16(2)9-11-3-5-19-6-4-11/h7-8,11H,3-6,9H2,1-2H3,(H,17,18). The van der Waals surface area contributed by atoms with Crippen LogP contribution in [0.1, 0.15) is 28.9 Å². The molecule has 0 aliphatic carbocycles. The third-order valence-corrected chi connectivity index (χ3v) is 3.53. The largest absolute Gasteiger partial charge is 0.478 e. The van der Waals surface area contributed by atoms with Gasteiger partial charge in [-0.05, 0) is 31.7 Å². The number of hydrogen-bond acceptors (Lipinski definition) is 4. The topological polar surface area (TPSA) is 62.7 Å². The van der Waals surface area contributed by atoms with Crippen LogP contribution in [0.5, 0.6) is 0 Å². The van der Waals surface area contributed by atoms with Crippen LogP contribution >= 0.6 is 0 Å². The third kappa shape index (κ3) is 3.44. The van der Waals surface area contributed by atoms with E-state index < -0.39 is 5.97 Å². The van der Waals surface area contributed by atoms with Crippen LogP contribution in [0.4, 0.5) is 5.69 Å². The summed E-state index contributed by atoms with van der Waals surface area (Å²) < 4.78 is 5.35. The molecular formula is C14H20N2O3. The Labute approximate surface area is 113 Å². The number of anilines is 1. The van der Waals surface area contributed by atoms with Gasteiger partial charge in [-0.2, -0.15) is 0 Å². The van der Waals surface area contributed by atoms with Gasteiger partial charge in [-0.3, -0.25) is 4.98 Å². The third-order valence-electron chi connectivity index (χ3n) is 3.53. The van der Waals surface area contributed by atoms with Crippen molar-refractivity contribution in [3.63, 3.8) is 0 Å². The van der Waals surface area contributed by atoms with Crippen LogP contribution in [0, 0.1) is 12.8 Å². The normalized spacial score (nSPS) is 16.3. The molecule has 0 unspecified atom stereocenters. The van der Waals surface area contributed by atoms with Crippen LogP contribution in [-0.2, 0) is 4.74 Å². The molecule has 1 aliphatic heterocycles. The summed E-state index contributed by atoms with van der Waals surface area (Å²) in [6.07, 6.45) is 3.51. The second-order valence-corrected chi connectivity index (χ2v) is 5.08. The van der Waals surface area contributed by atoms with Crippen molar-refractivity contribution in [1.29, 1.82) is 0 Å². The lowest BCUT2D eigenvalue weighted by molar-refractivity contribution is 0.0678. The van der Waals surface area contributed by atoms with Gasteiger partial charge in [-0.15, -0.1) is 0 Å². The zero-order valence-electron chi connectivity index (χ0n) is 11.4. The van der Waals surface area contributed by atoms with E-state index in [1.807, 2.05) is 24.9 Å². The maximum Gasteiger partial charge on any atom is 0.339 e. The number of carbonyl (C=O) groups is 1. The van der Waals surface area contributed by atoms with Crippen molar-refractivity contribution < 1.29 is 14.6 Å². The van der Waals surface area contributed by atoms with Crippen molar-refractivity contribution in [2.24, 2.45) is 5.92 Å². The summed E-state index contributed by atoms with van der Waals surface area (Å²) in [5, 5.41) is 9.22. The van der Waals surface area contributed by atoms with Crippen molar-refractivity contribution in [3.8, 4) is 0 Å². The van der Waals surface area contributed by atoms with Gasteiger partial charge in [-0.1, -0.05) is 0 Å².